The summed E-state index contributed by atoms with van der Waals surface area (Å²) in [6.45, 7) is 2.33. The van der Waals surface area contributed by atoms with Gasteiger partial charge in [-0.3, -0.25) is 0 Å². The second-order valence-electron chi connectivity index (χ2n) is 2.67. The van der Waals surface area contributed by atoms with Crippen LogP contribution in [0.4, 0.5) is 0 Å². The molecule has 0 aromatic carbocycles. The van der Waals surface area contributed by atoms with Crippen molar-refractivity contribution in [1.82, 2.24) is 0 Å². The molecule has 0 bridgehead atoms. The van der Waals surface area contributed by atoms with E-state index in [-0.39, 0.29) is 13.2 Å². The van der Waals surface area contributed by atoms with E-state index in [2.05, 4.69) is 0 Å². The standard InChI is InChI=1S/C9H19NO5/c1-12-4-5-13-6-7-15-9(11)8-14-3-2-10/h2-8,10H2,1H3. The van der Waals surface area contributed by atoms with Gasteiger partial charge in [-0.2, -0.15) is 0 Å². The van der Waals surface area contributed by atoms with Gasteiger partial charge >= 0.3 is 5.97 Å². The maximum absolute atomic E-state index is 10.9. The predicted molar refractivity (Wildman–Crippen MR) is 53.5 cm³/mol. The molecular weight excluding hydrogens is 202 g/mol. The Kier molecular flexibility index (Phi) is 10.9. The average Bonchev–Trinajstić information content (AvgIpc) is 2.23. The number of rotatable bonds is 10. The number of carbonyl (C=O) groups is 1. The van der Waals surface area contributed by atoms with E-state index in [4.69, 9.17) is 24.7 Å². The van der Waals surface area contributed by atoms with Crippen molar-refractivity contribution in [3.8, 4) is 0 Å². The highest BCUT2D eigenvalue weighted by molar-refractivity contribution is 5.70. The summed E-state index contributed by atoms with van der Waals surface area (Å²) >= 11 is 0. The highest BCUT2D eigenvalue weighted by Crippen LogP contribution is 1.83. The van der Waals surface area contributed by atoms with Crippen LogP contribution in [0.5, 0.6) is 0 Å². The van der Waals surface area contributed by atoms with E-state index in [9.17, 15) is 4.79 Å². The van der Waals surface area contributed by atoms with Gasteiger partial charge in [-0.25, -0.2) is 4.79 Å². The number of hydrogen-bond donors (Lipinski definition) is 1. The molecule has 0 aliphatic rings. The molecule has 0 aliphatic heterocycles. The van der Waals surface area contributed by atoms with E-state index < -0.39 is 5.97 Å². The molecule has 0 fully saturated rings. The third-order valence-corrected chi connectivity index (χ3v) is 1.40. The quantitative estimate of drug-likeness (QED) is 0.383. The Hall–Kier alpha value is -0.690. The molecule has 15 heavy (non-hydrogen) atoms. The minimum atomic E-state index is -0.404. The largest absolute Gasteiger partial charge is 0.462 e. The SMILES string of the molecule is COCCOCCOC(=O)COCCN. The molecule has 0 rings (SSSR count). The van der Waals surface area contributed by atoms with Gasteiger partial charge in [0.1, 0.15) is 13.2 Å². The Bertz CT molecular complexity index is 153. The number of hydrogen-bond acceptors (Lipinski definition) is 6. The molecule has 0 spiro atoms. The van der Waals surface area contributed by atoms with E-state index in [1.807, 2.05) is 0 Å². The van der Waals surface area contributed by atoms with Crippen molar-refractivity contribution in [2.24, 2.45) is 5.73 Å². The second kappa shape index (κ2) is 11.4. The lowest BCUT2D eigenvalue weighted by Gasteiger charge is -2.05. The minimum absolute atomic E-state index is 0.0602. The zero-order valence-corrected chi connectivity index (χ0v) is 9.07. The molecule has 0 heterocycles. The van der Waals surface area contributed by atoms with Crippen LogP contribution in [0.25, 0.3) is 0 Å². The van der Waals surface area contributed by atoms with Crippen LogP contribution >= 0.6 is 0 Å². The molecular formula is C9H19NO5. The van der Waals surface area contributed by atoms with Crippen LogP contribution in [0.15, 0.2) is 0 Å². The first-order valence-corrected chi connectivity index (χ1v) is 4.81. The van der Waals surface area contributed by atoms with Crippen molar-refractivity contribution < 1.29 is 23.7 Å². The normalized spacial score (nSPS) is 10.3. The van der Waals surface area contributed by atoms with E-state index in [0.29, 0.717) is 33.0 Å². The molecule has 0 radical (unpaired) electrons. The van der Waals surface area contributed by atoms with Gasteiger partial charge in [0.15, 0.2) is 0 Å². The highest BCUT2D eigenvalue weighted by Gasteiger charge is 2.01. The van der Waals surface area contributed by atoms with Crippen molar-refractivity contribution in [2.45, 2.75) is 0 Å². The molecule has 0 aromatic rings. The van der Waals surface area contributed by atoms with Crippen molar-refractivity contribution in [3.63, 3.8) is 0 Å². The zero-order valence-electron chi connectivity index (χ0n) is 9.07. The summed E-state index contributed by atoms with van der Waals surface area (Å²) in [4.78, 5) is 10.9. The number of methoxy groups -OCH3 is 1. The Morgan fingerprint density at radius 3 is 2.47 bits per heavy atom. The van der Waals surface area contributed by atoms with Crippen LogP contribution in [-0.4, -0.2) is 59.3 Å². The van der Waals surface area contributed by atoms with Gasteiger partial charge in [-0.1, -0.05) is 0 Å². The van der Waals surface area contributed by atoms with Gasteiger partial charge in [0.25, 0.3) is 0 Å². The fourth-order valence-corrected chi connectivity index (χ4v) is 0.739. The first-order chi connectivity index (χ1) is 7.31. The van der Waals surface area contributed by atoms with Crippen LogP contribution in [0.1, 0.15) is 0 Å². The van der Waals surface area contributed by atoms with Gasteiger partial charge in [0.2, 0.25) is 0 Å². The molecule has 2 N–H and O–H groups in total. The number of nitrogens with two attached hydrogens (primary N) is 1. The molecule has 0 aliphatic carbocycles. The maximum atomic E-state index is 10.9. The monoisotopic (exact) mass is 221 g/mol. The van der Waals surface area contributed by atoms with Crippen molar-refractivity contribution in [3.05, 3.63) is 0 Å². The maximum Gasteiger partial charge on any atom is 0.332 e. The zero-order chi connectivity index (χ0) is 11.4. The summed E-state index contributed by atoms with van der Waals surface area (Å²) in [6, 6.07) is 0. The third kappa shape index (κ3) is 11.2. The Morgan fingerprint density at radius 2 is 1.80 bits per heavy atom. The van der Waals surface area contributed by atoms with E-state index >= 15 is 0 Å². The first kappa shape index (κ1) is 14.3. The average molecular weight is 221 g/mol. The fourth-order valence-electron chi connectivity index (χ4n) is 0.739. The van der Waals surface area contributed by atoms with Crippen LogP contribution in [0.3, 0.4) is 0 Å². The molecule has 0 amide bonds. The molecule has 0 saturated carbocycles. The lowest BCUT2D eigenvalue weighted by molar-refractivity contribution is -0.150. The van der Waals surface area contributed by atoms with Gasteiger partial charge in [-0.05, 0) is 0 Å². The summed E-state index contributed by atoms with van der Waals surface area (Å²) in [6.07, 6.45) is 0. The summed E-state index contributed by atoms with van der Waals surface area (Å²) < 4.78 is 19.5. The Morgan fingerprint density at radius 1 is 1.07 bits per heavy atom. The molecule has 0 saturated heterocycles. The molecule has 0 aromatic heterocycles. The minimum Gasteiger partial charge on any atom is -0.462 e. The van der Waals surface area contributed by atoms with Gasteiger partial charge in [0.05, 0.1) is 26.4 Å². The van der Waals surface area contributed by atoms with E-state index in [1.54, 1.807) is 7.11 Å². The summed E-state index contributed by atoms with van der Waals surface area (Å²) in [5.41, 5.74) is 5.17. The number of esters is 1. The summed E-state index contributed by atoms with van der Waals surface area (Å²) in [7, 11) is 1.60. The van der Waals surface area contributed by atoms with Crippen molar-refractivity contribution in [2.75, 3.05) is 53.3 Å². The highest BCUT2D eigenvalue weighted by atomic mass is 16.6. The molecule has 6 nitrogen and oxygen atoms in total. The van der Waals surface area contributed by atoms with E-state index in [0.717, 1.165) is 0 Å². The number of carbonyl (C=O) groups excluding carboxylic acids is 1. The molecule has 90 valence electrons. The van der Waals surface area contributed by atoms with Gasteiger partial charge in [-0.15, -0.1) is 0 Å². The smallest absolute Gasteiger partial charge is 0.332 e. The third-order valence-electron chi connectivity index (χ3n) is 1.40. The molecule has 6 heteroatoms. The first-order valence-electron chi connectivity index (χ1n) is 4.81. The van der Waals surface area contributed by atoms with Gasteiger partial charge in [0, 0.05) is 13.7 Å². The fraction of sp³-hybridized carbons (Fsp3) is 0.889. The van der Waals surface area contributed by atoms with E-state index in [1.165, 1.54) is 0 Å². The van der Waals surface area contributed by atoms with Crippen molar-refractivity contribution in [1.29, 1.82) is 0 Å². The predicted octanol–water partition coefficient (Wildman–Crippen LogP) is -0.832. The molecule has 0 atom stereocenters. The Balaban J connectivity index is 3.10. The van der Waals surface area contributed by atoms with Gasteiger partial charge < -0.3 is 24.7 Å². The van der Waals surface area contributed by atoms with Crippen LogP contribution in [-0.2, 0) is 23.7 Å². The molecule has 0 unspecified atom stereocenters. The van der Waals surface area contributed by atoms with Crippen LogP contribution in [0.2, 0.25) is 0 Å². The lowest BCUT2D eigenvalue weighted by atomic mass is 10.6. The van der Waals surface area contributed by atoms with Crippen molar-refractivity contribution >= 4 is 5.97 Å². The van der Waals surface area contributed by atoms with Crippen LogP contribution < -0.4 is 5.73 Å². The second-order valence-corrected chi connectivity index (χ2v) is 2.67. The Labute approximate surface area is 89.6 Å². The van der Waals surface area contributed by atoms with Crippen LogP contribution in [0, 0.1) is 0 Å². The summed E-state index contributed by atoms with van der Waals surface area (Å²) in [5.74, 6) is -0.404. The topological polar surface area (TPSA) is 80.0 Å². The number of ether oxygens (including phenoxy) is 4. The summed E-state index contributed by atoms with van der Waals surface area (Å²) in [5, 5.41) is 0. The lowest BCUT2D eigenvalue weighted by Crippen LogP contribution is -2.19.